The molecule has 0 aromatic carbocycles. The van der Waals surface area contributed by atoms with Gasteiger partial charge in [-0.05, 0) is 22.9 Å². The van der Waals surface area contributed by atoms with Crippen LogP contribution in [0.25, 0.3) is 0 Å². The third-order valence-electron chi connectivity index (χ3n) is 3.85. The van der Waals surface area contributed by atoms with E-state index in [0.29, 0.717) is 10.3 Å². The van der Waals surface area contributed by atoms with Crippen molar-refractivity contribution in [2.75, 3.05) is 6.66 Å². The third kappa shape index (κ3) is 0.780. The largest absolute Gasteiger partial charge is 0.0977 e. The van der Waals surface area contributed by atoms with Gasteiger partial charge in [-0.15, -0.1) is 0 Å². The van der Waals surface area contributed by atoms with Crippen LogP contribution in [0.15, 0.2) is 0 Å². The molecule has 0 saturated carbocycles. The Hall–Kier alpha value is 0.430. The maximum Gasteiger partial charge on any atom is -0.0114 e. The van der Waals surface area contributed by atoms with Crippen LogP contribution in [-0.4, -0.2) is 17.0 Å². The van der Waals surface area contributed by atoms with Crippen LogP contribution in [0.2, 0.25) is 0 Å². The van der Waals surface area contributed by atoms with Gasteiger partial charge in [-0.25, -0.2) is 0 Å². The highest BCUT2D eigenvalue weighted by atomic mass is 31.1. The topological polar surface area (TPSA) is 0 Å². The molecule has 0 nitrogen and oxygen atoms in total. The van der Waals surface area contributed by atoms with Gasteiger partial charge in [-0.2, -0.15) is 0 Å². The maximum atomic E-state index is 2.44. The fraction of sp³-hybridized carbons (Fsp3) is 1.00. The van der Waals surface area contributed by atoms with Crippen molar-refractivity contribution >= 4 is 7.92 Å². The monoisotopic (exact) mass is 158 g/mol. The van der Waals surface area contributed by atoms with Gasteiger partial charge in [0.1, 0.15) is 0 Å². The predicted molar refractivity (Wildman–Crippen MR) is 50.2 cm³/mol. The van der Waals surface area contributed by atoms with Crippen LogP contribution < -0.4 is 0 Å². The normalized spacial score (nSPS) is 42.6. The van der Waals surface area contributed by atoms with Gasteiger partial charge in [0.2, 0.25) is 0 Å². The predicted octanol–water partition coefficient (Wildman–Crippen LogP) is 3.31. The molecule has 1 aliphatic rings. The molecule has 0 aromatic rings. The van der Waals surface area contributed by atoms with Crippen LogP contribution in [0, 0.1) is 5.92 Å². The highest BCUT2D eigenvalue weighted by Gasteiger charge is 2.56. The van der Waals surface area contributed by atoms with E-state index in [0.717, 1.165) is 5.92 Å². The van der Waals surface area contributed by atoms with Crippen molar-refractivity contribution in [2.45, 2.75) is 44.9 Å². The highest BCUT2D eigenvalue weighted by Crippen LogP contribution is 2.73. The Labute approximate surface area is 66.2 Å². The Morgan fingerprint density at radius 3 is 1.40 bits per heavy atom. The van der Waals surface area contributed by atoms with Crippen molar-refractivity contribution in [1.82, 2.24) is 0 Å². The van der Waals surface area contributed by atoms with Crippen molar-refractivity contribution in [2.24, 2.45) is 5.92 Å². The van der Waals surface area contributed by atoms with E-state index >= 15 is 0 Å². The Bertz CT molecular complexity index is 117. The molecule has 10 heavy (non-hydrogen) atoms. The van der Waals surface area contributed by atoms with Gasteiger partial charge in [0.25, 0.3) is 0 Å². The van der Waals surface area contributed by atoms with E-state index in [1.807, 2.05) is 0 Å². The zero-order valence-corrected chi connectivity index (χ0v) is 8.92. The first-order valence-electron chi connectivity index (χ1n) is 4.05. The molecule has 0 unspecified atom stereocenters. The molecule has 1 heterocycles. The lowest BCUT2D eigenvalue weighted by molar-refractivity contribution is 0.306. The summed E-state index contributed by atoms with van der Waals surface area (Å²) in [6.07, 6.45) is 0. The molecule has 60 valence electrons. The lowest BCUT2D eigenvalue weighted by Crippen LogP contribution is -2.54. The third-order valence-corrected chi connectivity index (χ3v) is 8.08. The highest BCUT2D eigenvalue weighted by molar-refractivity contribution is 7.62. The lowest BCUT2D eigenvalue weighted by Gasteiger charge is -2.63. The van der Waals surface area contributed by atoms with E-state index in [9.17, 15) is 0 Å². The molecule has 1 fully saturated rings. The van der Waals surface area contributed by atoms with E-state index < -0.39 is 0 Å². The van der Waals surface area contributed by atoms with Crippen molar-refractivity contribution in [3.63, 3.8) is 0 Å². The van der Waals surface area contributed by atoms with E-state index in [1.165, 1.54) is 0 Å². The summed E-state index contributed by atoms with van der Waals surface area (Å²) in [7, 11) is 0.256. The van der Waals surface area contributed by atoms with Crippen molar-refractivity contribution < 1.29 is 0 Å². The van der Waals surface area contributed by atoms with Crippen LogP contribution in [0.4, 0.5) is 0 Å². The van der Waals surface area contributed by atoms with Gasteiger partial charge >= 0.3 is 0 Å². The van der Waals surface area contributed by atoms with Gasteiger partial charge in [0.05, 0.1) is 0 Å². The van der Waals surface area contributed by atoms with Gasteiger partial charge in [0, 0.05) is 0 Å². The van der Waals surface area contributed by atoms with Crippen LogP contribution in [0.1, 0.15) is 34.6 Å². The molecule has 1 heteroatoms. The molecule has 0 N–H and O–H groups in total. The van der Waals surface area contributed by atoms with E-state index in [-0.39, 0.29) is 7.92 Å². The van der Waals surface area contributed by atoms with Crippen LogP contribution in [0.3, 0.4) is 0 Å². The summed E-state index contributed by atoms with van der Waals surface area (Å²) in [5.74, 6) is 0.899. The fourth-order valence-electron chi connectivity index (χ4n) is 2.12. The molecular weight excluding hydrogens is 139 g/mol. The zero-order chi connectivity index (χ0) is 8.15. The standard InChI is InChI=1S/C9H19P/c1-7-8(2,3)10(6)9(7,4)5/h7H,1-6H3. The molecule has 1 rings (SSSR count). The fourth-order valence-corrected chi connectivity index (χ4v) is 5.21. The minimum atomic E-state index is 0.256. The Morgan fingerprint density at radius 1 is 1.00 bits per heavy atom. The van der Waals surface area contributed by atoms with Crippen molar-refractivity contribution in [1.29, 1.82) is 0 Å². The average molecular weight is 158 g/mol. The second-order valence-electron chi connectivity index (χ2n) is 4.59. The summed E-state index contributed by atoms with van der Waals surface area (Å²) in [4.78, 5) is 0. The van der Waals surface area contributed by atoms with Gasteiger partial charge in [-0.3, -0.25) is 0 Å². The van der Waals surface area contributed by atoms with E-state index in [1.54, 1.807) is 0 Å². The smallest absolute Gasteiger partial charge is 0.0114 e. The maximum absolute atomic E-state index is 2.44. The molecule has 0 aliphatic carbocycles. The van der Waals surface area contributed by atoms with Crippen LogP contribution >= 0.6 is 7.92 Å². The molecule has 0 amide bonds. The van der Waals surface area contributed by atoms with Gasteiger partial charge in [0.15, 0.2) is 0 Å². The second kappa shape index (κ2) is 1.97. The number of rotatable bonds is 0. The summed E-state index contributed by atoms with van der Waals surface area (Å²) in [5, 5.41) is 1.28. The zero-order valence-electron chi connectivity index (χ0n) is 8.02. The summed E-state index contributed by atoms with van der Waals surface area (Å²) in [6.45, 7) is 14.5. The molecular formula is C9H19P. The van der Waals surface area contributed by atoms with Gasteiger partial charge in [-0.1, -0.05) is 42.5 Å². The Morgan fingerprint density at radius 2 is 1.30 bits per heavy atom. The minimum Gasteiger partial charge on any atom is -0.0977 e. The molecule has 0 spiro atoms. The second-order valence-corrected chi connectivity index (χ2v) is 8.01. The molecule has 1 saturated heterocycles. The van der Waals surface area contributed by atoms with E-state index in [2.05, 4.69) is 41.3 Å². The van der Waals surface area contributed by atoms with E-state index in [4.69, 9.17) is 0 Å². The summed E-state index contributed by atoms with van der Waals surface area (Å²) in [5.41, 5.74) is 0. The van der Waals surface area contributed by atoms with Crippen LogP contribution in [-0.2, 0) is 0 Å². The molecule has 0 radical (unpaired) electrons. The summed E-state index contributed by atoms with van der Waals surface area (Å²) in [6, 6.07) is 0. The molecule has 0 aromatic heterocycles. The number of hydrogen-bond donors (Lipinski definition) is 0. The van der Waals surface area contributed by atoms with Crippen molar-refractivity contribution in [3.8, 4) is 0 Å². The first kappa shape index (κ1) is 8.53. The molecule has 0 atom stereocenters. The van der Waals surface area contributed by atoms with Gasteiger partial charge < -0.3 is 0 Å². The van der Waals surface area contributed by atoms with Crippen LogP contribution in [0.5, 0.6) is 0 Å². The number of hydrogen-bond acceptors (Lipinski definition) is 0. The Balaban J connectivity index is 2.78. The first-order valence-corrected chi connectivity index (χ1v) is 5.84. The summed E-state index contributed by atoms with van der Waals surface area (Å²) >= 11 is 0. The van der Waals surface area contributed by atoms with Crippen molar-refractivity contribution in [3.05, 3.63) is 0 Å². The quantitative estimate of drug-likeness (QED) is 0.474. The Kier molecular flexibility index (Phi) is 1.68. The SMILES string of the molecule is CC1C(C)(C)P(C)C1(C)C. The average Bonchev–Trinajstić information content (AvgIpc) is 1.84. The summed E-state index contributed by atoms with van der Waals surface area (Å²) < 4.78 is 0. The minimum absolute atomic E-state index is 0.256. The first-order chi connectivity index (χ1) is 4.31. The lowest BCUT2D eigenvalue weighted by atomic mass is 9.83. The molecule has 0 bridgehead atoms. The molecule has 1 aliphatic heterocycles.